The molecule has 1 N–H and O–H groups in total. The molecule has 6 rings (SSSR count). The van der Waals surface area contributed by atoms with Crippen LogP contribution in [0.1, 0.15) is 29.2 Å². The number of ether oxygens (including phenoxy) is 1. The molecule has 0 bridgehead atoms. The van der Waals surface area contributed by atoms with Crippen molar-refractivity contribution in [2.24, 2.45) is 5.10 Å². The van der Waals surface area contributed by atoms with Crippen molar-refractivity contribution in [2.45, 2.75) is 18.3 Å². The van der Waals surface area contributed by atoms with Crippen LogP contribution in [-0.2, 0) is 0 Å². The van der Waals surface area contributed by atoms with Gasteiger partial charge in [-0.05, 0) is 47.2 Å². The largest absolute Gasteiger partial charge is 0.444 e. The van der Waals surface area contributed by atoms with Crippen LogP contribution in [0.2, 0.25) is 0 Å². The zero-order chi connectivity index (χ0) is 21.7. The first-order valence-electron chi connectivity index (χ1n) is 10.3. The third kappa shape index (κ3) is 3.15. The molecule has 2 atom stereocenters. The van der Waals surface area contributed by atoms with Gasteiger partial charge in [0.15, 0.2) is 0 Å². The van der Waals surface area contributed by atoms with Crippen LogP contribution in [0.5, 0.6) is 5.75 Å². The number of benzene rings is 3. The molecule has 3 heterocycles. The molecule has 1 spiro atoms. The summed E-state index contributed by atoms with van der Waals surface area (Å²) in [6.45, 7) is 0. The Labute approximate surface area is 198 Å². The summed E-state index contributed by atoms with van der Waals surface area (Å²) < 4.78 is 7.55. The number of halogens is 1. The summed E-state index contributed by atoms with van der Waals surface area (Å²) in [5.41, 5.74) is 4.08. The number of carbonyl (C=O) groups excluding carboxylic acids is 1. The Kier molecular flexibility index (Phi) is 4.62. The topological polar surface area (TPSA) is 53.9 Å². The molecule has 3 aromatic rings. The molecule has 0 radical (unpaired) electrons. The van der Waals surface area contributed by atoms with Gasteiger partial charge in [0.25, 0.3) is 5.24 Å². The molecule has 1 amide bonds. The second kappa shape index (κ2) is 7.53. The molecule has 3 aliphatic heterocycles. The number of hydrogen-bond donors (Lipinski definition) is 1. The predicted octanol–water partition coefficient (Wildman–Crippen LogP) is 6.14. The fraction of sp³-hybridized carbons (Fsp3) is 0.120. The summed E-state index contributed by atoms with van der Waals surface area (Å²) >= 11 is 4.75. The Hall–Kier alpha value is -3.03. The minimum absolute atomic E-state index is 0.0652. The second-order valence-corrected chi connectivity index (χ2v) is 9.77. The number of thioether (sulfide) groups is 1. The van der Waals surface area contributed by atoms with E-state index in [9.17, 15) is 4.79 Å². The molecule has 2 unspecified atom stereocenters. The Morgan fingerprint density at radius 3 is 2.62 bits per heavy atom. The highest BCUT2D eigenvalue weighted by atomic mass is 79.9. The monoisotopic (exact) mass is 503 g/mol. The first-order chi connectivity index (χ1) is 15.6. The maximum absolute atomic E-state index is 12.7. The Morgan fingerprint density at radius 1 is 1.09 bits per heavy atom. The van der Waals surface area contributed by atoms with Gasteiger partial charge >= 0.3 is 5.85 Å². The number of carbonyl (C=O) groups is 1. The van der Waals surface area contributed by atoms with E-state index in [4.69, 9.17) is 9.84 Å². The van der Waals surface area contributed by atoms with Gasteiger partial charge in [-0.25, -0.2) is 5.01 Å². The van der Waals surface area contributed by atoms with Crippen LogP contribution < -0.4 is 10.1 Å². The molecule has 1 fully saturated rings. The molecule has 1 saturated heterocycles. The minimum atomic E-state index is -1.18. The number of amides is 1. The molecule has 0 aliphatic carbocycles. The van der Waals surface area contributed by atoms with Crippen molar-refractivity contribution < 1.29 is 9.53 Å². The molecule has 5 nitrogen and oxygen atoms in total. The molecule has 32 heavy (non-hydrogen) atoms. The zero-order valence-corrected chi connectivity index (χ0v) is 19.3. The molecular formula is C25H18BrN3O2S. The van der Waals surface area contributed by atoms with Crippen LogP contribution in [0.4, 0.5) is 4.79 Å². The summed E-state index contributed by atoms with van der Waals surface area (Å²) in [5.74, 6) is -0.430. The lowest BCUT2D eigenvalue weighted by Gasteiger charge is -2.45. The average Bonchev–Trinajstić information content (AvgIpc) is 3.39. The van der Waals surface area contributed by atoms with Crippen molar-refractivity contribution in [3.63, 3.8) is 0 Å². The molecule has 0 aromatic heterocycles. The van der Waals surface area contributed by atoms with Crippen LogP contribution in [-0.4, -0.2) is 21.8 Å². The van der Waals surface area contributed by atoms with E-state index in [0.717, 1.165) is 55.7 Å². The van der Waals surface area contributed by atoms with Crippen LogP contribution >= 0.6 is 27.7 Å². The number of rotatable bonds is 2. The van der Waals surface area contributed by atoms with Gasteiger partial charge in [0, 0.05) is 16.5 Å². The first kappa shape index (κ1) is 19.6. The Bertz CT molecular complexity index is 1280. The number of nitrogens with one attached hydrogen (secondary N) is 1. The summed E-state index contributed by atoms with van der Waals surface area (Å²) in [6.07, 6.45) is 2.72. The Balaban J connectivity index is 1.53. The standard InChI is InChI=1S/C25H18BrN3O2S/c26-18-11-12-22-19(14-18)21-15-20(17-9-5-2-6-10-17)28-29(21)25(31-22)23(32-24(30)27-25)13-16-7-3-1-4-8-16/h1-14,21H,15H2,(H,27,30). The number of fused-ring (bicyclic) bond motifs is 4. The van der Waals surface area contributed by atoms with E-state index in [1.54, 1.807) is 0 Å². The van der Waals surface area contributed by atoms with Gasteiger partial charge in [0.05, 0.1) is 16.7 Å². The van der Waals surface area contributed by atoms with Gasteiger partial charge in [-0.1, -0.05) is 76.6 Å². The van der Waals surface area contributed by atoms with Gasteiger partial charge in [0.1, 0.15) is 5.75 Å². The van der Waals surface area contributed by atoms with Gasteiger partial charge in [0.2, 0.25) is 0 Å². The van der Waals surface area contributed by atoms with Crippen LogP contribution in [0.3, 0.4) is 0 Å². The van der Waals surface area contributed by atoms with Crippen molar-refractivity contribution >= 4 is 44.7 Å². The van der Waals surface area contributed by atoms with Crippen molar-refractivity contribution in [2.75, 3.05) is 0 Å². The van der Waals surface area contributed by atoms with Crippen molar-refractivity contribution in [1.29, 1.82) is 0 Å². The fourth-order valence-electron chi connectivity index (χ4n) is 4.39. The Morgan fingerprint density at radius 2 is 1.84 bits per heavy atom. The van der Waals surface area contributed by atoms with E-state index in [1.165, 1.54) is 0 Å². The molecule has 3 aromatic carbocycles. The van der Waals surface area contributed by atoms with Crippen LogP contribution in [0.25, 0.3) is 6.08 Å². The lowest BCUT2D eigenvalue weighted by atomic mass is 9.95. The third-order valence-electron chi connectivity index (χ3n) is 5.83. The highest BCUT2D eigenvalue weighted by Crippen LogP contribution is 2.53. The van der Waals surface area contributed by atoms with Gasteiger partial charge < -0.3 is 4.74 Å². The predicted molar refractivity (Wildman–Crippen MR) is 130 cm³/mol. The van der Waals surface area contributed by atoms with Crippen molar-refractivity contribution in [3.8, 4) is 5.75 Å². The maximum atomic E-state index is 12.7. The molecule has 3 aliphatic rings. The van der Waals surface area contributed by atoms with E-state index in [1.807, 2.05) is 71.7 Å². The van der Waals surface area contributed by atoms with Gasteiger partial charge in [-0.2, -0.15) is 5.10 Å². The lowest BCUT2D eigenvalue weighted by Crippen LogP contribution is -2.61. The molecular weight excluding hydrogens is 486 g/mol. The van der Waals surface area contributed by atoms with E-state index in [2.05, 4.69) is 39.4 Å². The minimum Gasteiger partial charge on any atom is -0.444 e. The first-order valence-corrected chi connectivity index (χ1v) is 11.9. The number of nitrogens with zero attached hydrogens (tertiary/aromatic N) is 2. The van der Waals surface area contributed by atoms with E-state index in [0.29, 0.717) is 0 Å². The summed E-state index contributed by atoms with van der Waals surface area (Å²) in [5, 5.41) is 9.86. The molecule has 7 heteroatoms. The van der Waals surface area contributed by atoms with E-state index in [-0.39, 0.29) is 11.3 Å². The maximum Gasteiger partial charge on any atom is 0.314 e. The normalized spacial score (nSPS) is 24.7. The quantitative estimate of drug-likeness (QED) is 0.455. The van der Waals surface area contributed by atoms with Crippen molar-refractivity contribution in [3.05, 3.63) is 105 Å². The second-order valence-electron chi connectivity index (χ2n) is 7.84. The van der Waals surface area contributed by atoms with Crippen molar-refractivity contribution in [1.82, 2.24) is 10.3 Å². The summed E-state index contributed by atoms with van der Waals surface area (Å²) in [4.78, 5) is 13.4. The van der Waals surface area contributed by atoms with Gasteiger partial charge in [-0.3, -0.25) is 10.1 Å². The van der Waals surface area contributed by atoms with Crippen LogP contribution in [0, 0.1) is 0 Å². The smallest absolute Gasteiger partial charge is 0.314 e. The van der Waals surface area contributed by atoms with Crippen LogP contribution in [0.15, 0.2) is 93.3 Å². The molecule has 0 saturated carbocycles. The van der Waals surface area contributed by atoms with Gasteiger partial charge in [-0.15, -0.1) is 0 Å². The fourth-order valence-corrected chi connectivity index (χ4v) is 5.68. The number of hydrogen-bond acceptors (Lipinski definition) is 5. The third-order valence-corrected chi connectivity index (χ3v) is 7.23. The SMILES string of the molecule is O=C1NC2(Oc3ccc(Br)cc3C3CC(c4ccccc4)=NN32)C(=Cc2ccccc2)S1. The van der Waals surface area contributed by atoms with E-state index < -0.39 is 5.85 Å². The average molecular weight is 504 g/mol. The summed E-state index contributed by atoms with van der Waals surface area (Å²) in [6, 6.07) is 26.0. The highest BCUT2D eigenvalue weighted by molar-refractivity contribution is 9.10. The number of hydrazone groups is 1. The van der Waals surface area contributed by atoms with E-state index >= 15 is 0 Å². The molecule has 158 valence electrons. The summed E-state index contributed by atoms with van der Waals surface area (Å²) in [7, 11) is 0. The zero-order valence-electron chi connectivity index (χ0n) is 16.9. The lowest BCUT2D eigenvalue weighted by molar-refractivity contribution is -0.0949. The highest BCUT2D eigenvalue weighted by Gasteiger charge is 2.58.